The fourth-order valence-corrected chi connectivity index (χ4v) is 2.88. The molecule has 0 aliphatic heterocycles. The van der Waals surface area contributed by atoms with Crippen molar-refractivity contribution in [1.29, 1.82) is 0 Å². The first-order valence-electron chi connectivity index (χ1n) is 6.70. The van der Waals surface area contributed by atoms with E-state index in [0.29, 0.717) is 0 Å². The summed E-state index contributed by atoms with van der Waals surface area (Å²) in [6.45, 7) is 6.10. The molecular weight excluding hydrogens is 242 g/mol. The Kier molecular flexibility index (Phi) is 5.74. The van der Waals surface area contributed by atoms with Gasteiger partial charge in [0.05, 0.1) is 0 Å². The minimum Gasteiger partial charge on any atom is -0.379 e. The van der Waals surface area contributed by atoms with Crippen molar-refractivity contribution in [2.24, 2.45) is 0 Å². The molecule has 1 saturated carbocycles. The van der Waals surface area contributed by atoms with Crippen LogP contribution in [0.3, 0.4) is 0 Å². The second-order valence-electron chi connectivity index (χ2n) is 5.27. The molecule has 1 nitrogen and oxygen atoms in total. The standard InChI is InChI=1S/C16H23N.ClH/c1-3-11-16(12-7-4-8-13-16)17-15-10-6-5-9-14(15)2;/h3,5-6,9-10,17H,1,4,7-8,11-13H2,2H3;1H. The van der Waals surface area contributed by atoms with Gasteiger partial charge in [-0.1, -0.05) is 43.5 Å². The van der Waals surface area contributed by atoms with E-state index >= 15 is 0 Å². The van der Waals surface area contributed by atoms with E-state index in [2.05, 4.69) is 49.2 Å². The lowest BCUT2D eigenvalue weighted by atomic mass is 9.79. The quantitative estimate of drug-likeness (QED) is 0.746. The zero-order valence-electron chi connectivity index (χ0n) is 11.2. The fourth-order valence-electron chi connectivity index (χ4n) is 2.88. The summed E-state index contributed by atoms with van der Waals surface area (Å²) in [5.74, 6) is 0. The zero-order valence-corrected chi connectivity index (χ0v) is 12.1. The van der Waals surface area contributed by atoms with Gasteiger partial charge in [0.1, 0.15) is 0 Å². The molecule has 2 heteroatoms. The van der Waals surface area contributed by atoms with Gasteiger partial charge >= 0.3 is 0 Å². The van der Waals surface area contributed by atoms with Gasteiger partial charge in [0.15, 0.2) is 0 Å². The number of rotatable bonds is 4. The molecule has 0 bridgehead atoms. The van der Waals surface area contributed by atoms with Crippen LogP contribution in [-0.2, 0) is 0 Å². The Bertz CT molecular complexity index is 380. The van der Waals surface area contributed by atoms with Crippen molar-refractivity contribution < 1.29 is 0 Å². The first kappa shape index (κ1) is 15.1. The summed E-state index contributed by atoms with van der Waals surface area (Å²) in [6.07, 6.45) is 9.74. The van der Waals surface area contributed by atoms with E-state index in [1.165, 1.54) is 43.4 Å². The fraction of sp³-hybridized carbons (Fsp3) is 0.500. The largest absolute Gasteiger partial charge is 0.379 e. The molecule has 1 aromatic carbocycles. The molecule has 100 valence electrons. The molecule has 1 fully saturated rings. The first-order chi connectivity index (χ1) is 8.26. The third kappa shape index (κ3) is 3.52. The van der Waals surface area contributed by atoms with Gasteiger partial charge in [-0.2, -0.15) is 0 Å². The van der Waals surface area contributed by atoms with Crippen molar-refractivity contribution in [2.45, 2.75) is 51.0 Å². The molecule has 2 rings (SSSR count). The molecule has 0 unspecified atom stereocenters. The number of aryl methyl sites for hydroxylation is 1. The Balaban J connectivity index is 0.00000162. The van der Waals surface area contributed by atoms with Gasteiger partial charge in [-0.25, -0.2) is 0 Å². The number of benzene rings is 1. The average molecular weight is 266 g/mol. The maximum Gasteiger partial charge on any atom is 0.0408 e. The third-order valence-electron chi connectivity index (χ3n) is 3.89. The van der Waals surface area contributed by atoms with E-state index in [4.69, 9.17) is 0 Å². The van der Waals surface area contributed by atoms with Crippen molar-refractivity contribution in [3.05, 3.63) is 42.5 Å². The topological polar surface area (TPSA) is 12.0 Å². The van der Waals surface area contributed by atoms with Gasteiger partial charge in [0.2, 0.25) is 0 Å². The van der Waals surface area contributed by atoms with Crippen LogP contribution in [0.25, 0.3) is 0 Å². The molecule has 0 radical (unpaired) electrons. The van der Waals surface area contributed by atoms with Gasteiger partial charge < -0.3 is 5.32 Å². The molecule has 1 N–H and O–H groups in total. The lowest BCUT2D eigenvalue weighted by molar-refractivity contribution is 0.326. The molecule has 18 heavy (non-hydrogen) atoms. The summed E-state index contributed by atoms with van der Waals surface area (Å²) in [5.41, 5.74) is 2.88. The van der Waals surface area contributed by atoms with Crippen LogP contribution in [0.4, 0.5) is 5.69 Å². The monoisotopic (exact) mass is 265 g/mol. The minimum atomic E-state index is 0. The molecule has 0 spiro atoms. The van der Waals surface area contributed by atoms with Crippen LogP contribution < -0.4 is 5.32 Å². The van der Waals surface area contributed by atoms with Crippen LogP contribution in [0, 0.1) is 6.92 Å². The highest BCUT2D eigenvalue weighted by atomic mass is 35.5. The van der Waals surface area contributed by atoms with Crippen LogP contribution in [0.1, 0.15) is 44.1 Å². The van der Waals surface area contributed by atoms with Crippen LogP contribution >= 0.6 is 12.4 Å². The number of hydrogen-bond acceptors (Lipinski definition) is 1. The lowest BCUT2D eigenvalue weighted by Gasteiger charge is -2.39. The Labute approximate surface area is 117 Å². The molecule has 0 aromatic heterocycles. The third-order valence-corrected chi connectivity index (χ3v) is 3.89. The van der Waals surface area contributed by atoms with Gasteiger partial charge in [-0.15, -0.1) is 19.0 Å². The van der Waals surface area contributed by atoms with E-state index < -0.39 is 0 Å². The Morgan fingerprint density at radius 2 is 1.89 bits per heavy atom. The summed E-state index contributed by atoms with van der Waals surface area (Å²) >= 11 is 0. The smallest absolute Gasteiger partial charge is 0.0408 e. The van der Waals surface area contributed by atoms with Crippen LogP contribution in [-0.4, -0.2) is 5.54 Å². The summed E-state index contributed by atoms with van der Waals surface area (Å²) in [6, 6.07) is 8.57. The van der Waals surface area contributed by atoms with E-state index in [-0.39, 0.29) is 17.9 Å². The normalized spacial score (nSPS) is 17.6. The van der Waals surface area contributed by atoms with Crippen molar-refractivity contribution in [1.82, 2.24) is 0 Å². The number of para-hydroxylation sites is 1. The second-order valence-corrected chi connectivity index (χ2v) is 5.27. The molecular formula is C16H24ClN. The highest BCUT2D eigenvalue weighted by Crippen LogP contribution is 2.35. The summed E-state index contributed by atoms with van der Waals surface area (Å²) in [7, 11) is 0. The number of anilines is 1. The van der Waals surface area contributed by atoms with Crippen molar-refractivity contribution >= 4 is 18.1 Å². The van der Waals surface area contributed by atoms with Gasteiger partial charge in [-0.3, -0.25) is 0 Å². The average Bonchev–Trinajstić information content (AvgIpc) is 2.34. The van der Waals surface area contributed by atoms with E-state index in [1.54, 1.807) is 0 Å². The summed E-state index contributed by atoms with van der Waals surface area (Å²) < 4.78 is 0. The number of halogens is 1. The van der Waals surface area contributed by atoms with E-state index in [9.17, 15) is 0 Å². The predicted molar refractivity (Wildman–Crippen MR) is 82.7 cm³/mol. The highest BCUT2D eigenvalue weighted by molar-refractivity contribution is 5.85. The lowest BCUT2D eigenvalue weighted by Crippen LogP contribution is -2.40. The molecule has 1 aliphatic rings. The molecule has 1 aromatic rings. The summed E-state index contributed by atoms with van der Waals surface area (Å²) in [4.78, 5) is 0. The van der Waals surface area contributed by atoms with Crippen LogP contribution in [0.15, 0.2) is 36.9 Å². The van der Waals surface area contributed by atoms with E-state index in [0.717, 1.165) is 6.42 Å². The Morgan fingerprint density at radius 1 is 1.22 bits per heavy atom. The SMILES string of the molecule is C=CCC1(Nc2ccccc2C)CCCCC1.Cl. The van der Waals surface area contributed by atoms with Crippen LogP contribution in [0.2, 0.25) is 0 Å². The maximum atomic E-state index is 3.92. The summed E-state index contributed by atoms with van der Waals surface area (Å²) in [5, 5.41) is 3.79. The first-order valence-corrected chi connectivity index (χ1v) is 6.70. The molecule has 1 aliphatic carbocycles. The number of nitrogens with one attached hydrogen (secondary N) is 1. The molecule has 0 atom stereocenters. The highest BCUT2D eigenvalue weighted by Gasteiger charge is 2.30. The van der Waals surface area contributed by atoms with Crippen molar-refractivity contribution in [3.63, 3.8) is 0 Å². The van der Waals surface area contributed by atoms with Crippen molar-refractivity contribution in [3.8, 4) is 0 Å². The van der Waals surface area contributed by atoms with Crippen LogP contribution in [0.5, 0.6) is 0 Å². The van der Waals surface area contributed by atoms with Crippen molar-refractivity contribution in [2.75, 3.05) is 5.32 Å². The number of hydrogen-bond donors (Lipinski definition) is 1. The predicted octanol–water partition coefficient (Wildman–Crippen LogP) is 5.11. The Morgan fingerprint density at radius 3 is 2.50 bits per heavy atom. The van der Waals surface area contributed by atoms with Gasteiger partial charge in [-0.05, 0) is 37.8 Å². The molecule has 0 saturated heterocycles. The Hall–Kier alpha value is -0.950. The maximum absolute atomic E-state index is 3.92. The van der Waals surface area contributed by atoms with E-state index in [1.807, 2.05) is 0 Å². The molecule has 0 amide bonds. The molecule has 0 heterocycles. The zero-order chi connectivity index (χ0) is 12.1. The van der Waals surface area contributed by atoms with Gasteiger partial charge in [0.25, 0.3) is 0 Å². The minimum absolute atomic E-state index is 0. The second kappa shape index (κ2) is 6.84. The van der Waals surface area contributed by atoms with Gasteiger partial charge in [0, 0.05) is 11.2 Å².